The van der Waals surface area contributed by atoms with Crippen LogP contribution >= 0.6 is 0 Å². The molecule has 30 heavy (non-hydrogen) atoms. The molecule has 0 bridgehead atoms. The van der Waals surface area contributed by atoms with E-state index in [1.807, 2.05) is 0 Å². The molecule has 0 radical (unpaired) electrons. The van der Waals surface area contributed by atoms with Crippen LogP contribution in [0.5, 0.6) is 5.75 Å². The Morgan fingerprint density at radius 3 is 2.43 bits per heavy atom. The zero-order valence-corrected chi connectivity index (χ0v) is 16.9. The van der Waals surface area contributed by atoms with Crippen LogP contribution < -0.4 is 15.0 Å². The van der Waals surface area contributed by atoms with Crippen LogP contribution in [0.4, 0.5) is 11.4 Å². The first-order valence-corrected chi connectivity index (χ1v) is 9.50. The number of ketones is 1. The Kier molecular flexibility index (Phi) is 6.15. The molecule has 0 unspecified atom stereocenters. The zero-order chi connectivity index (χ0) is 21.8. The highest BCUT2D eigenvalue weighted by atomic mass is 16.5. The van der Waals surface area contributed by atoms with E-state index in [0.717, 1.165) is 4.90 Å². The number of amides is 2. The molecule has 3 rings (SSSR count). The average molecular weight is 410 g/mol. The minimum absolute atomic E-state index is 0.225. The number of Topliss-reactive ketones (excluding diaryl/α,β-unsaturated/α-hetero) is 1. The van der Waals surface area contributed by atoms with Gasteiger partial charge in [0.2, 0.25) is 0 Å². The van der Waals surface area contributed by atoms with Crippen molar-refractivity contribution in [2.24, 2.45) is 0 Å². The van der Waals surface area contributed by atoms with Crippen molar-refractivity contribution in [2.45, 2.75) is 32.4 Å². The third-order valence-corrected chi connectivity index (χ3v) is 4.84. The van der Waals surface area contributed by atoms with Gasteiger partial charge in [-0.1, -0.05) is 31.2 Å². The summed E-state index contributed by atoms with van der Waals surface area (Å²) in [4.78, 5) is 51.0. The Bertz CT molecular complexity index is 1000. The summed E-state index contributed by atoms with van der Waals surface area (Å²) >= 11 is 0. The largest absolute Gasteiger partial charge is 0.495 e. The Morgan fingerprint density at radius 2 is 1.73 bits per heavy atom. The predicted octanol–water partition coefficient (Wildman–Crippen LogP) is 2.57. The highest BCUT2D eigenvalue weighted by Gasteiger charge is 2.41. The molecule has 0 saturated heterocycles. The van der Waals surface area contributed by atoms with Gasteiger partial charge in [0.1, 0.15) is 11.8 Å². The van der Waals surface area contributed by atoms with Crippen LogP contribution in [0.25, 0.3) is 0 Å². The van der Waals surface area contributed by atoms with Gasteiger partial charge in [0, 0.05) is 0 Å². The van der Waals surface area contributed by atoms with Crippen molar-refractivity contribution in [2.75, 3.05) is 17.3 Å². The summed E-state index contributed by atoms with van der Waals surface area (Å²) in [5, 5.41) is 2.68. The van der Waals surface area contributed by atoms with Gasteiger partial charge < -0.3 is 14.8 Å². The smallest absolute Gasteiger partial charge is 0.329 e. The Hall–Kier alpha value is -3.68. The van der Waals surface area contributed by atoms with Crippen LogP contribution in [-0.4, -0.2) is 42.8 Å². The molecular weight excluding hydrogens is 388 g/mol. The van der Waals surface area contributed by atoms with Crippen molar-refractivity contribution in [1.82, 2.24) is 0 Å². The predicted molar refractivity (Wildman–Crippen MR) is 110 cm³/mol. The molecule has 1 aliphatic rings. The molecule has 0 fully saturated rings. The van der Waals surface area contributed by atoms with Gasteiger partial charge in [-0.2, -0.15) is 0 Å². The minimum atomic E-state index is -1.08. The number of rotatable bonds is 7. The first kappa shape index (κ1) is 21.0. The van der Waals surface area contributed by atoms with E-state index in [4.69, 9.17) is 9.47 Å². The first-order valence-electron chi connectivity index (χ1n) is 9.50. The Balaban J connectivity index is 1.73. The molecule has 0 spiro atoms. The lowest BCUT2D eigenvalue weighted by atomic mass is 10.1. The van der Waals surface area contributed by atoms with Crippen molar-refractivity contribution in [3.63, 3.8) is 0 Å². The molecule has 2 amide bonds. The maximum atomic E-state index is 12.7. The third-order valence-electron chi connectivity index (χ3n) is 4.84. The Morgan fingerprint density at radius 1 is 1.07 bits per heavy atom. The number of para-hydroxylation sites is 3. The van der Waals surface area contributed by atoms with Gasteiger partial charge in [0.25, 0.3) is 17.6 Å². The first-order chi connectivity index (χ1) is 14.4. The van der Waals surface area contributed by atoms with E-state index in [1.165, 1.54) is 20.1 Å². The topological polar surface area (TPSA) is 102 Å². The number of carbonyl (C=O) groups excluding carboxylic acids is 4. The SMILES string of the molecule is CC[C@H](OC(=O)[C@@H](C)N1C(=O)C(=O)c2ccccc21)C(=O)Nc1ccccc1OC. The van der Waals surface area contributed by atoms with Crippen LogP contribution in [0.2, 0.25) is 0 Å². The number of nitrogens with one attached hydrogen (secondary N) is 1. The number of hydrogen-bond acceptors (Lipinski definition) is 6. The van der Waals surface area contributed by atoms with E-state index < -0.39 is 35.7 Å². The second-order valence-electron chi connectivity index (χ2n) is 6.72. The van der Waals surface area contributed by atoms with Crippen LogP contribution in [0.3, 0.4) is 0 Å². The second kappa shape index (κ2) is 8.77. The van der Waals surface area contributed by atoms with Crippen LogP contribution in [0, 0.1) is 0 Å². The lowest BCUT2D eigenvalue weighted by molar-refractivity contribution is -0.155. The van der Waals surface area contributed by atoms with Crippen LogP contribution in [-0.2, 0) is 19.1 Å². The molecular formula is C22H22N2O6. The zero-order valence-electron chi connectivity index (χ0n) is 16.9. The fourth-order valence-corrected chi connectivity index (χ4v) is 3.22. The van der Waals surface area contributed by atoms with Crippen molar-refractivity contribution in [1.29, 1.82) is 0 Å². The maximum absolute atomic E-state index is 12.7. The fraction of sp³-hybridized carbons (Fsp3) is 0.273. The fourth-order valence-electron chi connectivity index (χ4n) is 3.22. The van der Waals surface area contributed by atoms with Gasteiger partial charge in [0.05, 0.1) is 24.0 Å². The molecule has 0 aliphatic carbocycles. The van der Waals surface area contributed by atoms with E-state index in [-0.39, 0.29) is 12.0 Å². The Labute approximate surface area is 173 Å². The molecule has 0 saturated carbocycles. The summed E-state index contributed by atoms with van der Waals surface area (Å²) in [6.07, 6.45) is -0.850. The van der Waals surface area contributed by atoms with E-state index in [2.05, 4.69) is 5.32 Å². The van der Waals surface area contributed by atoms with E-state index in [0.29, 0.717) is 17.1 Å². The van der Waals surface area contributed by atoms with Crippen LogP contribution in [0.1, 0.15) is 30.6 Å². The van der Waals surface area contributed by atoms with Crippen molar-refractivity contribution < 1.29 is 28.7 Å². The maximum Gasteiger partial charge on any atom is 0.329 e. The summed E-state index contributed by atoms with van der Waals surface area (Å²) in [5.74, 6) is -2.31. The minimum Gasteiger partial charge on any atom is -0.495 e. The standard InChI is InChI=1S/C22H22N2O6/c1-4-17(20(26)23-15-10-6-8-12-18(15)29-3)30-22(28)13(2)24-16-11-7-5-9-14(16)19(25)21(24)27/h5-13,17H,4H2,1-3H3,(H,23,26)/t13-,17+/m1/s1. The number of esters is 1. The number of nitrogens with zero attached hydrogens (tertiary/aromatic N) is 1. The molecule has 1 N–H and O–H groups in total. The van der Waals surface area contributed by atoms with Gasteiger partial charge in [0.15, 0.2) is 6.10 Å². The summed E-state index contributed by atoms with van der Waals surface area (Å²) in [7, 11) is 1.48. The quantitative estimate of drug-likeness (QED) is 0.556. The molecule has 1 aliphatic heterocycles. The number of hydrogen-bond donors (Lipinski definition) is 1. The molecule has 2 aromatic carbocycles. The van der Waals surface area contributed by atoms with Gasteiger partial charge in [-0.25, -0.2) is 4.79 Å². The lowest BCUT2D eigenvalue weighted by Gasteiger charge is -2.25. The van der Waals surface area contributed by atoms with Crippen molar-refractivity contribution in [3.8, 4) is 5.75 Å². The summed E-state index contributed by atoms with van der Waals surface area (Å²) in [5.41, 5.74) is 1.04. The number of benzene rings is 2. The summed E-state index contributed by atoms with van der Waals surface area (Å²) in [6, 6.07) is 12.2. The second-order valence-corrected chi connectivity index (χ2v) is 6.72. The third kappa shape index (κ3) is 3.89. The summed E-state index contributed by atoms with van der Waals surface area (Å²) in [6.45, 7) is 3.16. The lowest BCUT2D eigenvalue weighted by Crippen LogP contribution is -2.45. The van der Waals surface area contributed by atoms with E-state index in [1.54, 1.807) is 49.4 Å². The number of carbonyl (C=O) groups is 4. The monoisotopic (exact) mass is 410 g/mol. The normalized spacial score (nSPS) is 14.7. The highest BCUT2D eigenvalue weighted by molar-refractivity contribution is 6.52. The number of anilines is 2. The number of ether oxygens (including phenoxy) is 2. The molecule has 156 valence electrons. The molecule has 1 heterocycles. The van der Waals surface area contributed by atoms with Gasteiger partial charge in [-0.15, -0.1) is 0 Å². The molecule has 2 aromatic rings. The van der Waals surface area contributed by atoms with Gasteiger partial charge in [-0.3, -0.25) is 19.3 Å². The van der Waals surface area contributed by atoms with Crippen molar-refractivity contribution in [3.05, 3.63) is 54.1 Å². The van der Waals surface area contributed by atoms with E-state index >= 15 is 0 Å². The van der Waals surface area contributed by atoms with Gasteiger partial charge in [-0.05, 0) is 37.6 Å². The average Bonchev–Trinajstić information content (AvgIpc) is 3.02. The van der Waals surface area contributed by atoms with Gasteiger partial charge >= 0.3 is 5.97 Å². The highest BCUT2D eigenvalue weighted by Crippen LogP contribution is 2.31. The van der Waals surface area contributed by atoms with Crippen molar-refractivity contribution >= 4 is 34.9 Å². The van der Waals surface area contributed by atoms with Crippen LogP contribution in [0.15, 0.2) is 48.5 Å². The number of fused-ring (bicyclic) bond motifs is 1. The summed E-state index contributed by atoms with van der Waals surface area (Å²) < 4.78 is 10.6. The molecule has 8 nitrogen and oxygen atoms in total. The van der Waals surface area contributed by atoms with E-state index in [9.17, 15) is 19.2 Å². The molecule has 8 heteroatoms. The number of methoxy groups -OCH3 is 1. The molecule has 0 aromatic heterocycles. The molecule has 2 atom stereocenters.